The van der Waals surface area contributed by atoms with Crippen LogP contribution in [0.2, 0.25) is 0 Å². The number of hydrogen-bond donors (Lipinski definition) is 0. The molecule has 3 atom stereocenters. The third kappa shape index (κ3) is 6.58. The molecule has 0 aliphatic carbocycles. The zero-order valence-corrected chi connectivity index (χ0v) is 13.9. The molecule has 0 amide bonds. The van der Waals surface area contributed by atoms with Crippen molar-refractivity contribution in [1.82, 2.24) is 0 Å². The number of allylic oxidation sites excluding steroid dienone is 3. The fraction of sp³-hybridized carbons (Fsp3) is 0.600. The summed E-state index contributed by atoms with van der Waals surface area (Å²) in [5, 5.41) is 0.347. The Balaban J connectivity index is 4.55. The van der Waals surface area contributed by atoms with E-state index in [9.17, 15) is 0 Å². The summed E-state index contributed by atoms with van der Waals surface area (Å²) in [4.78, 5) is 0.645. The second-order valence-electron chi connectivity index (χ2n) is 3.62. The van der Waals surface area contributed by atoms with Crippen molar-refractivity contribution < 1.29 is 0 Å². The topological polar surface area (TPSA) is 0 Å². The second kappa shape index (κ2) is 6.90. The van der Waals surface area contributed by atoms with Gasteiger partial charge in [0, 0.05) is 5.33 Å². The van der Waals surface area contributed by atoms with Crippen molar-refractivity contribution in [2.45, 2.75) is 29.0 Å². The lowest BCUT2D eigenvalue weighted by Gasteiger charge is -2.22. The lowest BCUT2D eigenvalue weighted by atomic mass is 10.0. The van der Waals surface area contributed by atoms with Crippen LogP contribution in [0.4, 0.5) is 0 Å². The lowest BCUT2D eigenvalue weighted by Crippen LogP contribution is -2.26. The molecule has 88 valence electrons. The summed E-state index contributed by atoms with van der Waals surface area (Å²) >= 11 is 25.0. The Morgan fingerprint density at radius 3 is 2.20 bits per heavy atom. The molecule has 0 rings (SSSR count). The molecule has 0 aromatic rings. The minimum Gasteiger partial charge on any atom is -0.116 e. The zero-order chi connectivity index (χ0) is 12.1. The van der Waals surface area contributed by atoms with Gasteiger partial charge in [-0.15, -0.1) is 34.8 Å². The maximum absolute atomic E-state index is 6.20. The quantitative estimate of drug-likeness (QED) is 0.426. The molecule has 0 fully saturated rings. The summed E-state index contributed by atoms with van der Waals surface area (Å²) in [6.45, 7) is 3.74. The van der Waals surface area contributed by atoms with Gasteiger partial charge in [-0.2, -0.15) is 0 Å². The highest BCUT2D eigenvalue weighted by atomic mass is 79.9. The van der Waals surface area contributed by atoms with E-state index in [2.05, 4.69) is 31.9 Å². The van der Waals surface area contributed by atoms with Gasteiger partial charge in [-0.25, -0.2) is 0 Å². The predicted octanol–water partition coefficient (Wildman–Crippen LogP) is 5.45. The van der Waals surface area contributed by atoms with Gasteiger partial charge in [-0.05, 0) is 18.8 Å². The third-order valence-electron chi connectivity index (χ3n) is 1.80. The smallest absolute Gasteiger partial charge is 0.0804 e. The molecule has 0 aliphatic rings. The highest BCUT2D eigenvalue weighted by Crippen LogP contribution is 2.29. The van der Waals surface area contributed by atoms with E-state index in [4.69, 9.17) is 34.8 Å². The maximum Gasteiger partial charge on any atom is 0.0804 e. The van der Waals surface area contributed by atoms with E-state index in [1.54, 1.807) is 11.1 Å². The molecule has 0 aromatic carbocycles. The first-order chi connectivity index (χ1) is 6.75. The standard InChI is InChI=1S/C10H13Br2Cl3/c1-9(14,7-12)4-3-8(13)10(2,15)5-6-11/h3-6,8H,7H2,1-2H3/b4-3+,6-5+/t8?,9-,10+/m0/s1. The van der Waals surface area contributed by atoms with Crippen LogP contribution in [0.25, 0.3) is 0 Å². The van der Waals surface area contributed by atoms with E-state index in [1.807, 2.05) is 26.0 Å². The van der Waals surface area contributed by atoms with Crippen molar-refractivity contribution in [3.63, 3.8) is 0 Å². The molecule has 0 saturated heterocycles. The zero-order valence-electron chi connectivity index (χ0n) is 8.48. The fourth-order valence-corrected chi connectivity index (χ4v) is 1.98. The van der Waals surface area contributed by atoms with E-state index < -0.39 is 9.75 Å². The third-order valence-corrected chi connectivity index (χ3v) is 4.89. The van der Waals surface area contributed by atoms with Crippen molar-refractivity contribution >= 4 is 66.7 Å². The molecular formula is C10H13Br2Cl3. The second-order valence-corrected chi connectivity index (χ2v) is 6.85. The summed E-state index contributed by atoms with van der Waals surface area (Å²) in [5.41, 5.74) is 0. The minimum atomic E-state index is -0.624. The Morgan fingerprint density at radius 1 is 1.27 bits per heavy atom. The van der Waals surface area contributed by atoms with E-state index in [0.717, 1.165) is 0 Å². The first-order valence-corrected chi connectivity index (χ1v) is 7.53. The van der Waals surface area contributed by atoms with E-state index in [1.165, 1.54) is 0 Å². The molecule has 0 heterocycles. The number of rotatable bonds is 5. The van der Waals surface area contributed by atoms with Crippen LogP contribution in [0.3, 0.4) is 0 Å². The van der Waals surface area contributed by atoms with Crippen molar-refractivity contribution in [2.24, 2.45) is 0 Å². The van der Waals surface area contributed by atoms with Crippen LogP contribution in [-0.2, 0) is 0 Å². The Labute approximate surface area is 123 Å². The first-order valence-electron chi connectivity index (χ1n) is 4.30. The fourth-order valence-electron chi connectivity index (χ4n) is 0.733. The normalized spacial score (nSPS) is 22.9. The van der Waals surface area contributed by atoms with Gasteiger partial charge in [-0.3, -0.25) is 0 Å². The van der Waals surface area contributed by atoms with Crippen LogP contribution in [0.5, 0.6) is 0 Å². The Morgan fingerprint density at radius 2 is 1.80 bits per heavy atom. The van der Waals surface area contributed by atoms with Gasteiger partial charge in [0.05, 0.1) is 15.1 Å². The van der Waals surface area contributed by atoms with Gasteiger partial charge in [0.2, 0.25) is 0 Å². The molecule has 0 aromatic heterocycles. The molecule has 15 heavy (non-hydrogen) atoms. The van der Waals surface area contributed by atoms with E-state index >= 15 is 0 Å². The number of alkyl halides is 4. The van der Waals surface area contributed by atoms with Crippen molar-refractivity contribution in [3.8, 4) is 0 Å². The van der Waals surface area contributed by atoms with Gasteiger partial charge in [0.1, 0.15) is 0 Å². The SMILES string of the molecule is C[C@](Cl)(/C=C/C(Cl)[C@](C)(Cl)/C=C/Br)CBr. The number of halogens is 5. The maximum atomic E-state index is 6.20. The summed E-state index contributed by atoms with van der Waals surface area (Å²) in [6, 6.07) is 0. The molecule has 0 nitrogen and oxygen atoms in total. The Hall–Kier alpha value is 1.31. The van der Waals surface area contributed by atoms with Gasteiger partial charge in [-0.1, -0.05) is 50.1 Å². The average molecular weight is 399 g/mol. The van der Waals surface area contributed by atoms with Crippen LogP contribution in [0.15, 0.2) is 23.2 Å². The molecule has 0 radical (unpaired) electrons. The predicted molar refractivity (Wildman–Crippen MR) is 79.2 cm³/mol. The van der Waals surface area contributed by atoms with Crippen molar-refractivity contribution in [1.29, 1.82) is 0 Å². The Bertz CT molecular complexity index is 247. The molecule has 0 N–H and O–H groups in total. The van der Waals surface area contributed by atoms with Crippen molar-refractivity contribution in [2.75, 3.05) is 5.33 Å². The van der Waals surface area contributed by atoms with Gasteiger partial charge >= 0.3 is 0 Å². The molecule has 0 spiro atoms. The summed E-state index contributed by atoms with van der Waals surface area (Å²) in [7, 11) is 0. The largest absolute Gasteiger partial charge is 0.116 e. The lowest BCUT2D eigenvalue weighted by molar-refractivity contribution is 0.790. The molecule has 0 bridgehead atoms. The van der Waals surface area contributed by atoms with Gasteiger partial charge in [0.15, 0.2) is 0 Å². The molecule has 0 aliphatic heterocycles. The number of hydrogen-bond acceptors (Lipinski definition) is 0. The summed E-state index contributed by atoms with van der Waals surface area (Å²) in [5.74, 6) is 0. The highest BCUT2D eigenvalue weighted by Gasteiger charge is 2.26. The molecule has 0 saturated carbocycles. The monoisotopic (exact) mass is 396 g/mol. The Kier molecular flexibility index (Phi) is 7.51. The molecular weight excluding hydrogens is 386 g/mol. The van der Waals surface area contributed by atoms with Crippen LogP contribution >= 0.6 is 66.7 Å². The van der Waals surface area contributed by atoms with Crippen LogP contribution in [0, 0.1) is 0 Å². The summed E-state index contributed by atoms with van der Waals surface area (Å²) < 4.78 is 0. The molecule has 5 heteroatoms. The summed E-state index contributed by atoms with van der Waals surface area (Å²) in [6.07, 6.45) is 5.45. The van der Waals surface area contributed by atoms with Crippen LogP contribution in [0.1, 0.15) is 13.8 Å². The van der Waals surface area contributed by atoms with E-state index in [0.29, 0.717) is 5.33 Å². The van der Waals surface area contributed by atoms with Gasteiger partial charge < -0.3 is 0 Å². The van der Waals surface area contributed by atoms with Crippen LogP contribution in [-0.4, -0.2) is 20.5 Å². The van der Waals surface area contributed by atoms with Crippen LogP contribution < -0.4 is 0 Å². The molecule has 1 unspecified atom stereocenters. The van der Waals surface area contributed by atoms with Crippen molar-refractivity contribution in [3.05, 3.63) is 23.2 Å². The minimum absolute atomic E-state index is 0.315. The highest BCUT2D eigenvalue weighted by molar-refractivity contribution is 9.11. The van der Waals surface area contributed by atoms with E-state index in [-0.39, 0.29) is 5.38 Å². The average Bonchev–Trinajstić information content (AvgIpc) is 2.14. The van der Waals surface area contributed by atoms with Gasteiger partial charge in [0.25, 0.3) is 0 Å². The first kappa shape index (κ1) is 16.3.